The molecular formula is C13H24N4. The monoisotopic (exact) mass is 236 g/mol. The van der Waals surface area contributed by atoms with Crippen molar-refractivity contribution in [1.82, 2.24) is 15.3 Å². The van der Waals surface area contributed by atoms with Gasteiger partial charge in [0.1, 0.15) is 0 Å². The van der Waals surface area contributed by atoms with Crippen LogP contribution in [0.3, 0.4) is 0 Å². The Morgan fingerprint density at radius 2 is 2.12 bits per heavy atom. The first-order chi connectivity index (χ1) is 8.04. The van der Waals surface area contributed by atoms with E-state index in [4.69, 9.17) is 0 Å². The summed E-state index contributed by atoms with van der Waals surface area (Å²) in [5, 5.41) is 3.29. The average molecular weight is 236 g/mol. The van der Waals surface area contributed by atoms with Gasteiger partial charge in [0.15, 0.2) is 0 Å². The third-order valence-corrected chi connectivity index (χ3v) is 2.61. The molecule has 0 aromatic carbocycles. The number of aromatic nitrogens is 2. The van der Waals surface area contributed by atoms with Crippen LogP contribution in [0.4, 0.5) is 5.95 Å². The molecule has 1 heterocycles. The molecule has 0 aliphatic carbocycles. The highest BCUT2D eigenvalue weighted by Gasteiger charge is 2.08. The van der Waals surface area contributed by atoms with Gasteiger partial charge < -0.3 is 10.2 Å². The minimum atomic E-state index is 0.616. The Bertz CT molecular complexity index is 349. The number of rotatable bonds is 6. The zero-order valence-corrected chi connectivity index (χ0v) is 11.6. The van der Waals surface area contributed by atoms with E-state index in [-0.39, 0.29) is 0 Å². The Balaban J connectivity index is 2.73. The third-order valence-electron chi connectivity index (χ3n) is 2.61. The Hall–Kier alpha value is -1.16. The summed E-state index contributed by atoms with van der Waals surface area (Å²) in [5.41, 5.74) is 2.24. The lowest BCUT2D eigenvalue weighted by molar-refractivity contribution is 0.628. The summed E-state index contributed by atoms with van der Waals surface area (Å²) in [6.45, 7) is 11.3. The van der Waals surface area contributed by atoms with Gasteiger partial charge in [-0.05, 0) is 19.4 Å². The van der Waals surface area contributed by atoms with Crippen LogP contribution in [0.1, 0.15) is 32.0 Å². The molecule has 0 spiro atoms. The molecule has 0 aliphatic heterocycles. The lowest BCUT2D eigenvalue weighted by Gasteiger charge is -2.20. The molecule has 1 N–H and O–H groups in total. The SMILES string of the molecule is CCNCc1cnc(N(C)CC(C)C)nc1C. The van der Waals surface area contributed by atoms with Crippen LogP contribution >= 0.6 is 0 Å². The van der Waals surface area contributed by atoms with Gasteiger partial charge in [-0.25, -0.2) is 9.97 Å². The number of anilines is 1. The van der Waals surface area contributed by atoms with Gasteiger partial charge in [-0.1, -0.05) is 20.8 Å². The number of hydrogen-bond donors (Lipinski definition) is 1. The van der Waals surface area contributed by atoms with Crippen LogP contribution in [-0.2, 0) is 6.54 Å². The summed E-state index contributed by atoms with van der Waals surface area (Å²) in [6, 6.07) is 0. The fourth-order valence-corrected chi connectivity index (χ4v) is 1.73. The van der Waals surface area contributed by atoms with Gasteiger partial charge in [0, 0.05) is 37.6 Å². The summed E-state index contributed by atoms with van der Waals surface area (Å²) >= 11 is 0. The van der Waals surface area contributed by atoms with E-state index in [0.717, 1.165) is 31.3 Å². The quantitative estimate of drug-likeness (QED) is 0.820. The highest BCUT2D eigenvalue weighted by molar-refractivity contribution is 5.31. The molecule has 1 aromatic rings. The lowest BCUT2D eigenvalue weighted by Crippen LogP contribution is -2.25. The largest absolute Gasteiger partial charge is 0.344 e. The summed E-state index contributed by atoms with van der Waals surface area (Å²) in [6.07, 6.45) is 1.93. The van der Waals surface area contributed by atoms with E-state index in [9.17, 15) is 0 Å². The molecule has 1 aromatic heterocycles. The van der Waals surface area contributed by atoms with E-state index in [2.05, 4.69) is 41.0 Å². The molecule has 4 nitrogen and oxygen atoms in total. The molecule has 0 fully saturated rings. The van der Waals surface area contributed by atoms with Crippen molar-refractivity contribution in [3.8, 4) is 0 Å². The lowest BCUT2D eigenvalue weighted by atomic mass is 10.2. The van der Waals surface area contributed by atoms with Crippen molar-refractivity contribution in [3.63, 3.8) is 0 Å². The molecule has 17 heavy (non-hydrogen) atoms. The molecule has 0 bridgehead atoms. The number of hydrogen-bond acceptors (Lipinski definition) is 4. The maximum Gasteiger partial charge on any atom is 0.225 e. The molecule has 1 rings (SSSR count). The van der Waals surface area contributed by atoms with Gasteiger partial charge in [0.05, 0.1) is 0 Å². The van der Waals surface area contributed by atoms with Gasteiger partial charge in [-0.2, -0.15) is 0 Å². The fraction of sp³-hybridized carbons (Fsp3) is 0.692. The summed E-state index contributed by atoms with van der Waals surface area (Å²) in [5.74, 6) is 1.43. The Morgan fingerprint density at radius 3 is 2.65 bits per heavy atom. The minimum absolute atomic E-state index is 0.616. The maximum atomic E-state index is 4.55. The first-order valence-electron chi connectivity index (χ1n) is 6.29. The third kappa shape index (κ3) is 4.30. The second-order valence-corrected chi connectivity index (χ2v) is 4.84. The highest BCUT2D eigenvalue weighted by atomic mass is 15.2. The molecule has 0 radical (unpaired) electrons. The number of aryl methyl sites for hydroxylation is 1. The highest BCUT2D eigenvalue weighted by Crippen LogP contribution is 2.11. The van der Waals surface area contributed by atoms with Crippen molar-refractivity contribution < 1.29 is 0 Å². The second-order valence-electron chi connectivity index (χ2n) is 4.84. The summed E-state index contributed by atoms with van der Waals surface area (Å²) in [4.78, 5) is 11.1. The summed E-state index contributed by atoms with van der Waals surface area (Å²) < 4.78 is 0. The molecule has 0 aliphatic rings. The molecule has 96 valence electrons. The maximum absolute atomic E-state index is 4.55. The Labute approximate surface area is 104 Å². The van der Waals surface area contributed by atoms with Gasteiger partial charge in [0.25, 0.3) is 0 Å². The van der Waals surface area contributed by atoms with Crippen molar-refractivity contribution in [2.75, 3.05) is 25.0 Å². The van der Waals surface area contributed by atoms with Crippen LogP contribution in [0.5, 0.6) is 0 Å². The topological polar surface area (TPSA) is 41.1 Å². The number of nitrogens with one attached hydrogen (secondary N) is 1. The minimum Gasteiger partial charge on any atom is -0.344 e. The van der Waals surface area contributed by atoms with Crippen molar-refractivity contribution in [3.05, 3.63) is 17.5 Å². The number of nitrogens with zero attached hydrogens (tertiary/aromatic N) is 3. The van der Waals surface area contributed by atoms with Gasteiger partial charge in [-0.15, -0.1) is 0 Å². The van der Waals surface area contributed by atoms with Crippen LogP contribution < -0.4 is 10.2 Å². The first-order valence-corrected chi connectivity index (χ1v) is 6.29. The predicted octanol–water partition coefficient (Wildman–Crippen LogP) is 1.99. The van der Waals surface area contributed by atoms with Crippen LogP contribution in [0, 0.1) is 12.8 Å². The molecular weight excluding hydrogens is 212 g/mol. The van der Waals surface area contributed by atoms with E-state index in [1.807, 2.05) is 20.2 Å². The zero-order chi connectivity index (χ0) is 12.8. The average Bonchev–Trinajstić information content (AvgIpc) is 2.26. The van der Waals surface area contributed by atoms with Crippen molar-refractivity contribution in [2.24, 2.45) is 5.92 Å². The summed E-state index contributed by atoms with van der Waals surface area (Å²) in [7, 11) is 2.04. The van der Waals surface area contributed by atoms with Crippen molar-refractivity contribution >= 4 is 5.95 Å². The molecule has 4 heteroatoms. The zero-order valence-electron chi connectivity index (χ0n) is 11.6. The van der Waals surface area contributed by atoms with E-state index in [1.165, 1.54) is 5.56 Å². The van der Waals surface area contributed by atoms with Crippen LogP contribution in [-0.4, -0.2) is 30.1 Å². The van der Waals surface area contributed by atoms with Gasteiger partial charge >= 0.3 is 0 Å². The van der Waals surface area contributed by atoms with E-state index >= 15 is 0 Å². The van der Waals surface area contributed by atoms with Crippen LogP contribution in [0.2, 0.25) is 0 Å². The van der Waals surface area contributed by atoms with Crippen molar-refractivity contribution in [1.29, 1.82) is 0 Å². The first kappa shape index (κ1) is 13.9. The normalized spacial score (nSPS) is 10.9. The van der Waals surface area contributed by atoms with Crippen LogP contribution in [0.25, 0.3) is 0 Å². The van der Waals surface area contributed by atoms with E-state index in [0.29, 0.717) is 5.92 Å². The smallest absolute Gasteiger partial charge is 0.225 e. The molecule has 0 saturated heterocycles. The predicted molar refractivity (Wildman–Crippen MR) is 72.3 cm³/mol. The molecule has 0 amide bonds. The Morgan fingerprint density at radius 1 is 1.41 bits per heavy atom. The van der Waals surface area contributed by atoms with Crippen LogP contribution in [0.15, 0.2) is 6.20 Å². The standard InChI is InChI=1S/C13H24N4/c1-6-14-7-12-8-15-13(16-11(12)4)17(5)9-10(2)3/h8,10,14H,6-7,9H2,1-5H3. The molecule has 0 unspecified atom stereocenters. The molecule has 0 saturated carbocycles. The molecule has 0 atom stereocenters. The van der Waals surface area contributed by atoms with E-state index in [1.54, 1.807) is 0 Å². The Kier molecular flexibility index (Phi) is 5.35. The van der Waals surface area contributed by atoms with Gasteiger partial charge in [0.2, 0.25) is 5.95 Å². The fourth-order valence-electron chi connectivity index (χ4n) is 1.73. The van der Waals surface area contributed by atoms with E-state index < -0.39 is 0 Å². The van der Waals surface area contributed by atoms with Crippen molar-refractivity contribution in [2.45, 2.75) is 34.2 Å². The second kappa shape index (κ2) is 6.55. The van der Waals surface area contributed by atoms with Gasteiger partial charge in [-0.3, -0.25) is 0 Å².